The van der Waals surface area contributed by atoms with Crippen molar-refractivity contribution in [3.63, 3.8) is 0 Å². The van der Waals surface area contributed by atoms with Gasteiger partial charge in [-0.3, -0.25) is 0 Å². The molecule has 0 atom stereocenters. The predicted octanol–water partition coefficient (Wildman–Crippen LogP) is 1.73. The van der Waals surface area contributed by atoms with E-state index in [1.165, 1.54) is 5.56 Å². The Morgan fingerprint density at radius 2 is 2.00 bits per heavy atom. The summed E-state index contributed by atoms with van der Waals surface area (Å²) in [6.45, 7) is 5.50. The van der Waals surface area contributed by atoms with E-state index in [1.54, 1.807) is 0 Å². The van der Waals surface area contributed by atoms with E-state index in [4.69, 9.17) is 4.74 Å². The van der Waals surface area contributed by atoms with Crippen molar-refractivity contribution in [3.05, 3.63) is 35.9 Å². The first-order chi connectivity index (χ1) is 9.09. The maximum absolute atomic E-state index is 5.27. The van der Waals surface area contributed by atoms with E-state index in [0.717, 1.165) is 25.7 Å². The summed E-state index contributed by atoms with van der Waals surface area (Å²) in [5.41, 5.74) is 1.48. The molecule has 19 heavy (non-hydrogen) atoms. The Balaban J connectivity index is 1.91. The minimum atomic E-state index is 0.253. The van der Waals surface area contributed by atoms with Crippen LogP contribution in [0.1, 0.15) is 12.5 Å². The molecule has 0 spiro atoms. The Labute approximate surface area is 115 Å². The minimum Gasteiger partial charge on any atom is -0.380 e. The summed E-state index contributed by atoms with van der Waals surface area (Å²) in [5, 5.41) is 3.43. The van der Waals surface area contributed by atoms with Gasteiger partial charge < -0.3 is 15.0 Å². The summed E-state index contributed by atoms with van der Waals surface area (Å²) >= 11 is 0. The fraction of sp³-hybridized carbons (Fsp3) is 0.533. The highest BCUT2D eigenvalue weighted by Gasteiger charge is 2.33. The Hall–Kier alpha value is -1.55. The molecule has 1 aromatic rings. The summed E-state index contributed by atoms with van der Waals surface area (Å²) in [6.07, 6.45) is 0. The first-order valence-electron chi connectivity index (χ1n) is 6.66. The molecule has 1 aromatic carbocycles. The number of aliphatic imine (C=N–C) groups is 1. The summed E-state index contributed by atoms with van der Waals surface area (Å²) in [6, 6.07) is 10.3. The lowest BCUT2D eigenvalue weighted by Crippen LogP contribution is -2.50. The molecular weight excluding hydrogens is 238 g/mol. The van der Waals surface area contributed by atoms with Gasteiger partial charge in [0.1, 0.15) is 0 Å². The number of nitrogens with one attached hydrogen (secondary N) is 1. The molecule has 1 heterocycles. The van der Waals surface area contributed by atoms with Gasteiger partial charge in [0.2, 0.25) is 0 Å². The monoisotopic (exact) mass is 261 g/mol. The van der Waals surface area contributed by atoms with Crippen LogP contribution < -0.4 is 5.32 Å². The summed E-state index contributed by atoms with van der Waals surface area (Å²) < 4.78 is 5.27. The van der Waals surface area contributed by atoms with Crippen molar-refractivity contribution in [1.82, 2.24) is 10.2 Å². The van der Waals surface area contributed by atoms with E-state index >= 15 is 0 Å². The second kappa shape index (κ2) is 6.06. The maximum Gasteiger partial charge on any atom is 0.193 e. The van der Waals surface area contributed by atoms with Gasteiger partial charge in [0.15, 0.2) is 5.96 Å². The van der Waals surface area contributed by atoms with Gasteiger partial charge in [0, 0.05) is 26.1 Å². The van der Waals surface area contributed by atoms with E-state index in [2.05, 4.69) is 29.4 Å². The zero-order valence-electron chi connectivity index (χ0n) is 12.0. The highest BCUT2D eigenvalue weighted by atomic mass is 16.5. The number of hydrogen-bond acceptors (Lipinski definition) is 2. The average Bonchev–Trinajstić information content (AvgIpc) is 2.37. The number of hydrogen-bond donors (Lipinski definition) is 1. The molecule has 0 radical (unpaired) electrons. The second-order valence-electron chi connectivity index (χ2n) is 5.68. The molecule has 0 saturated carbocycles. The summed E-state index contributed by atoms with van der Waals surface area (Å²) in [7, 11) is 4.02. The molecule has 104 valence electrons. The Kier molecular flexibility index (Phi) is 4.43. The van der Waals surface area contributed by atoms with Crippen LogP contribution in [0, 0.1) is 5.41 Å². The number of benzene rings is 1. The van der Waals surface area contributed by atoms with E-state index in [-0.39, 0.29) is 5.41 Å². The van der Waals surface area contributed by atoms with Gasteiger partial charge in [0.05, 0.1) is 19.8 Å². The quantitative estimate of drug-likeness (QED) is 0.662. The van der Waals surface area contributed by atoms with Crippen LogP contribution in [0.3, 0.4) is 0 Å². The van der Waals surface area contributed by atoms with Crippen molar-refractivity contribution >= 4 is 5.96 Å². The van der Waals surface area contributed by atoms with Crippen molar-refractivity contribution < 1.29 is 4.74 Å². The van der Waals surface area contributed by atoms with Crippen LogP contribution in [-0.4, -0.2) is 44.7 Å². The van der Waals surface area contributed by atoms with E-state index in [1.807, 2.05) is 37.2 Å². The molecule has 0 bridgehead atoms. The molecule has 2 rings (SSSR count). The lowest BCUT2D eigenvalue weighted by Gasteiger charge is -2.38. The van der Waals surface area contributed by atoms with Crippen molar-refractivity contribution in [2.75, 3.05) is 33.9 Å². The molecular formula is C15H23N3O. The Morgan fingerprint density at radius 3 is 2.53 bits per heavy atom. The second-order valence-corrected chi connectivity index (χ2v) is 5.68. The van der Waals surface area contributed by atoms with Gasteiger partial charge in [-0.05, 0) is 5.56 Å². The summed E-state index contributed by atoms with van der Waals surface area (Å²) in [4.78, 5) is 6.67. The lowest BCUT2D eigenvalue weighted by atomic mass is 9.89. The van der Waals surface area contributed by atoms with Gasteiger partial charge in [0.25, 0.3) is 0 Å². The molecule has 1 N–H and O–H groups in total. The molecule has 0 aromatic heterocycles. The molecule has 0 unspecified atom stereocenters. The molecule has 0 aliphatic carbocycles. The highest BCUT2D eigenvalue weighted by Crippen LogP contribution is 2.25. The van der Waals surface area contributed by atoms with Crippen LogP contribution >= 0.6 is 0 Å². The lowest BCUT2D eigenvalue weighted by molar-refractivity contribution is -0.0972. The first-order valence-corrected chi connectivity index (χ1v) is 6.66. The fourth-order valence-corrected chi connectivity index (χ4v) is 1.95. The van der Waals surface area contributed by atoms with Crippen molar-refractivity contribution in [1.29, 1.82) is 0 Å². The van der Waals surface area contributed by atoms with Gasteiger partial charge >= 0.3 is 0 Å². The number of guanidine groups is 1. The fourth-order valence-electron chi connectivity index (χ4n) is 1.95. The first kappa shape index (κ1) is 13.9. The number of nitrogens with zero attached hydrogens (tertiary/aromatic N) is 2. The third-order valence-corrected chi connectivity index (χ3v) is 3.25. The van der Waals surface area contributed by atoms with Crippen LogP contribution in [0.5, 0.6) is 0 Å². The smallest absolute Gasteiger partial charge is 0.193 e. The largest absolute Gasteiger partial charge is 0.380 e. The van der Waals surface area contributed by atoms with Gasteiger partial charge in [-0.2, -0.15) is 0 Å². The van der Waals surface area contributed by atoms with Gasteiger partial charge in [-0.15, -0.1) is 0 Å². The molecule has 1 fully saturated rings. The van der Waals surface area contributed by atoms with Gasteiger partial charge in [-0.25, -0.2) is 4.99 Å². The number of rotatable bonds is 4. The average molecular weight is 261 g/mol. The van der Waals surface area contributed by atoms with Crippen LogP contribution in [0.15, 0.2) is 35.3 Å². The predicted molar refractivity (Wildman–Crippen MR) is 78.2 cm³/mol. The van der Waals surface area contributed by atoms with Crippen molar-refractivity contribution in [2.45, 2.75) is 13.5 Å². The topological polar surface area (TPSA) is 36.9 Å². The maximum atomic E-state index is 5.27. The number of ether oxygens (including phenoxy) is 1. The summed E-state index contributed by atoms with van der Waals surface area (Å²) in [5.74, 6) is 0.928. The van der Waals surface area contributed by atoms with E-state index < -0.39 is 0 Å². The van der Waals surface area contributed by atoms with Crippen molar-refractivity contribution in [3.8, 4) is 0 Å². The van der Waals surface area contributed by atoms with E-state index in [0.29, 0.717) is 6.54 Å². The molecule has 0 amide bonds. The third-order valence-electron chi connectivity index (χ3n) is 3.25. The molecule has 4 nitrogen and oxygen atoms in total. The molecule has 1 aliphatic heterocycles. The zero-order chi connectivity index (χ0) is 13.7. The standard InChI is InChI=1S/C15H23N3O/c1-15(11-19-12-15)10-17-14(18(2)3)16-9-13-7-5-4-6-8-13/h4-8H,9-12H2,1-3H3,(H,16,17). The third kappa shape index (κ3) is 3.96. The molecule has 1 aliphatic rings. The van der Waals surface area contributed by atoms with Crippen LogP contribution in [0.25, 0.3) is 0 Å². The van der Waals surface area contributed by atoms with Crippen LogP contribution in [-0.2, 0) is 11.3 Å². The zero-order valence-corrected chi connectivity index (χ0v) is 12.0. The SMILES string of the molecule is CN(C)C(=NCc1ccccc1)NCC1(C)COC1. The Morgan fingerprint density at radius 1 is 1.32 bits per heavy atom. The van der Waals surface area contributed by atoms with Gasteiger partial charge in [-0.1, -0.05) is 37.3 Å². The van der Waals surface area contributed by atoms with Crippen LogP contribution in [0.2, 0.25) is 0 Å². The van der Waals surface area contributed by atoms with Crippen LogP contribution in [0.4, 0.5) is 0 Å². The molecule has 4 heteroatoms. The van der Waals surface area contributed by atoms with E-state index in [9.17, 15) is 0 Å². The normalized spacial score (nSPS) is 17.7. The van der Waals surface area contributed by atoms with Crippen molar-refractivity contribution in [2.24, 2.45) is 10.4 Å². The Bertz CT molecular complexity index is 424. The minimum absolute atomic E-state index is 0.253. The molecule has 1 saturated heterocycles. The highest BCUT2D eigenvalue weighted by molar-refractivity contribution is 5.79.